The van der Waals surface area contributed by atoms with Crippen LogP contribution in [0.2, 0.25) is 0 Å². The smallest absolute Gasteiger partial charge is 0.259 e. The maximum absolute atomic E-state index is 15.1. The number of aromatic nitrogens is 6. The van der Waals surface area contributed by atoms with E-state index in [0.717, 1.165) is 35.5 Å². The maximum atomic E-state index is 15.1. The SMILES string of the molecule is CC(C)n1cnnc1-c1cccc(NC(=O)c2cc3c(cc2F)CNCc2c(C4CC4)ncn2-3)n1. The second kappa shape index (κ2) is 8.38. The lowest BCUT2D eigenvalue weighted by Gasteiger charge is -2.13. The highest BCUT2D eigenvalue weighted by Crippen LogP contribution is 2.41. The molecule has 2 aliphatic rings. The van der Waals surface area contributed by atoms with Crippen molar-refractivity contribution in [2.24, 2.45) is 0 Å². The van der Waals surface area contributed by atoms with E-state index in [2.05, 4.69) is 30.8 Å². The minimum Gasteiger partial charge on any atom is -0.310 e. The van der Waals surface area contributed by atoms with Gasteiger partial charge in [-0.2, -0.15) is 0 Å². The third-order valence-electron chi connectivity index (χ3n) is 6.49. The highest BCUT2D eigenvalue weighted by molar-refractivity contribution is 6.04. The molecule has 1 fully saturated rings. The fourth-order valence-electron chi connectivity index (χ4n) is 4.54. The number of carbonyl (C=O) groups excluding carboxylic acids is 1. The average molecular weight is 473 g/mol. The molecule has 1 saturated carbocycles. The first-order valence-corrected chi connectivity index (χ1v) is 11.8. The minimum absolute atomic E-state index is 0.0455. The van der Waals surface area contributed by atoms with Crippen molar-refractivity contribution in [3.63, 3.8) is 0 Å². The van der Waals surface area contributed by atoms with Crippen LogP contribution >= 0.6 is 0 Å². The number of hydrogen-bond donors (Lipinski definition) is 2. The Labute approximate surface area is 201 Å². The van der Waals surface area contributed by atoms with Gasteiger partial charge in [0.25, 0.3) is 5.91 Å². The van der Waals surface area contributed by atoms with Crippen LogP contribution in [0.3, 0.4) is 0 Å². The second-order valence-corrected chi connectivity index (χ2v) is 9.30. The zero-order valence-electron chi connectivity index (χ0n) is 19.5. The van der Waals surface area contributed by atoms with E-state index in [-0.39, 0.29) is 11.6 Å². The Morgan fingerprint density at radius 3 is 2.86 bits per heavy atom. The van der Waals surface area contributed by atoms with Gasteiger partial charge in [0, 0.05) is 25.0 Å². The van der Waals surface area contributed by atoms with E-state index in [1.54, 1.807) is 36.9 Å². The number of nitrogens with one attached hydrogen (secondary N) is 2. The number of benzene rings is 1. The lowest BCUT2D eigenvalue weighted by molar-refractivity contribution is 0.102. The molecule has 0 radical (unpaired) electrons. The van der Waals surface area contributed by atoms with Gasteiger partial charge in [0.05, 0.1) is 29.0 Å². The van der Waals surface area contributed by atoms with Crippen LogP contribution in [0.5, 0.6) is 0 Å². The van der Waals surface area contributed by atoms with Gasteiger partial charge >= 0.3 is 0 Å². The van der Waals surface area contributed by atoms with E-state index in [9.17, 15) is 4.79 Å². The van der Waals surface area contributed by atoms with Crippen LogP contribution < -0.4 is 10.6 Å². The van der Waals surface area contributed by atoms with Crippen LogP contribution in [0, 0.1) is 5.82 Å². The first-order chi connectivity index (χ1) is 17.0. The molecule has 9 nitrogen and oxygen atoms in total. The molecule has 3 aromatic heterocycles. The molecule has 178 valence electrons. The Morgan fingerprint density at radius 1 is 1.20 bits per heavy atom. The summed E-state index contributed by atoms with van der Waals surface area (Å²) in [4.78, 5) is 22.3. The van der Waals surface area contributed by atoms with Gasteiger partial charge in [-0.05, 0) is 56.5 Å². The van der Waals surface area contributed by atoms with Gasteiger partial charge in [0.15, 0.2) is 5.82 Å². The zero-order chi connectivity index (χ0) is 24.1. The van der Waals surface area contributed by atoms with Gasteiger partial charge in [0.1, 0.15) is 23.7 Å². The number of pyridine rings is 1. The van der Waals surface area contributed by atoms with Crippen molar-refractivity contribution in [2.75, 3.05) is 5.32 Å². The highest BCUT2D eigenvalue weighted by atomic mass is 19.1. The molecule has 35 heavy (non-hydrogen) atoms. The molecule has 10 heteroatoms. The number of halogens is 1. The summed E-state index contributed by atoms with van der Waals surface area (Å²) in [7, 11) is 0. The van der Waals surface area contributed by atoms with E-state index < -0.39 is 11.7 Å². The van der Waals surface area contributed by atoms with Gasteiger partial charge < -0.3 is 19.8 Å². The van der Waals surface area contributed by atoms with Crippen molar-refractivity contribution < 1.29 is 9.18 Å². The zero-order valence-corrected chi connectivity index (χ0v) is 19.5. The summed E-state index contributed by atoms with van der Waals surface area (Å²) >= 11 is 0. The first-order valence-electron chi connectivity index (χ1n) is 11.8. The summed E-state index contributed by atoms with van der Waals surface area (Å²) in [6, 6.07) is 8.42. The third kappa shape index (κ3) is 3.89. The standard InChI is InChI=1S/C25H25FN8O/c1-14(2)33-13-29-32-24(33)19-4-3-5-22(30-19)31-25(35)17-9-20-16(8-18(17)26)10-27-11-21-23(15-6-7-15)28-12-34(20)21/h3-5,8-9,12-15,27H,6-7,10-11H2,1-2H3,(H,30,31,35). The summed E-state index contributed by atoms with van der Waals surface area (Å²) in [6.45, 7) is 5.21. The number of imidazole rings is 1. The maximum Gasteiger partial charge on any atom is 0.259 e. The van der Waals surface area contributed by atoms with E-state index in [0.29, 0.717) is 36.3 Å². The Morgan fingerprint density at radius 2 is 2.06 bits per heavy atom. The summed E-state index contributed by atoms with van der Waals surface area (Å²) in [5.41, 5.74) is 4.24. The van der Waals surface area contributed by atoms with Crippen LogP contribution in [0.4, 0.5) is 10.2 Å². The molecule has 0 spiro atoms. The van der Waals surface area contributed by atoms with E-state index in [1.807, 2.05) is 23.0 Å². The number of nitrogens with zero attached hydrogens (tertiary/aromatic N) is 6. The molecule has 2 N–H and O–H groups in total. The molecular weight excluding hydrogens is 447 g/mol. The summed E-state index contributed by atoms with van der Waals surface area (Å²) in [5.74, 6) is 0.254. The van der Waals surface area contributed by atoms with Crippen LogP contribution in [-0.4, -0.2) is 35.2 Å². The Bertz CT molecular complexity index is 1440. The Kier molecular flexibility index (Phi) is 5.18. The average Bonchev–Trinajstić information content (AvgIpc) is 3.45. The Hall–Kier alpha value is -3.92. The van der Waals surface area contributed by atoms with Crippen molar-refractivity contribution in [3.05, 3.63) is 71.3 Å². The predicted molar refractivity (Wildman–Crippen MR) is 128 cm³/mol. The van der Waals surface area contributed by atoms with Gasteiger partial charge in [-0.25, -0.2) is 14.4 Å². The molecule has 1 aliphatic carbocycles. The van der Waals surface area contributed by atoms with Crippen LogP contribution in [0.1, 0.15) is 66.0 Å². The van der Waals surface area contributed by atoms with E-state index >= 15 is 4.39 Å². The molecule has 0 saturated heterocycles. The van der Waals surface area contributed by atoms with Crippen LogP contribution in [-0.2, 0) is 13.1 Å². The van der Waals surface area contributed by atoms with Gasteiger partial charge in [-0.3, -0.25) is 4.79 Å². The van der Waals surface area contributed by atoms with Crippen molar-refractivity contribution >= 4 is 11.7 Å². The number of amides is 1. The third-order valence-corrected chi connectivity index (χ3v) is 6.49. The molecule has 0 atom stereocenters. The van der Waals surface area contributed by atoms with Crippen molar-refractivity contribution in [3.8, 4) is 17.2 Å². The van der Waals surface area contributed by atoms with Crippen LogP contribution in [0.15, 0.2) is 43.0 Å². The summed E-state index contributed by atoms with van der Waals surface area (Å²) in [5, 5.41) is 14.2. The molecule has 4 heterocycles. The highest BCUT2D eigenvalue weighted by Gasteiger charge is 2.31. The summed E-state index contributed by atoms with van der Waals surface area (Å²) in [6.07, 6.45) is 5.72. The monoisotopic (exact) mass is 472 g/mol. The lowest BCUT2D eigenvalue weighted by atomic mass is 10.1. The van der Waals surface area contributed by atoms with E-state index in [1.165, 1.54) is 6.07 Å². The summed E-state index contributed by atoms with van der Waals surface area (Å²) < 4.78 is 19.0. The number of carbonyl (C=O) groups is 1. The largest absolute Gasteiger partial charge is 0.310 e. The molecular formula is C25H25FN8O. The molecule has 1 amide bonds. The molecule has 0 unspecified atom stereocenters. The Balaban J connectivity index is 1.32. The van der Waals surface area contributed by atoms with Crippen molar-refractivity contribution in [2.45, 2.75) is 51.7 Å². The van der Waals surface area contributed by atoms with E-state index in [4.69, 9.17) is 0 Å². The number of anilines is 1. The van der Waals surface area contributed by atoms with Crippen molar-refractivity contribution in [1.29, 1.82) is 0 Å². The minimum atomic E-state index is -0.579. The molecule has 4 aromatic rings. The normalized spacial score (nSPS) is 15.0. The molecule has 1 aliphatic heterocycles. The van der Waals surface area contributed by atoms with Gasteiger partial charge in [-0.15, -0.1) is 10.2 Å². The molecule has 6 rings (SSSR count). The van der Waals surface area contributed by atoms with Crippen LogP contribution in [0.25, 0.3) is 17.2 Å². The fraction of sp³-hybridized carbons (Fsp3) is 0.320. The second-order valence-electron chi connectivity index (χ2n) is 9.30. The fourth-order valence-corrected chi connectivity index (χ4v) is 4.54. The molecule has 0 bridgehead atoms. The first kappa shape index (κ1) is 21.6. The van der Waals surface area contributed by atoms with Gasteiger partial charge in [0.2, 0.25) is 0 Å². The van der Waals surface area contributed by atoms with Crippen molar-refractivity contribution in [1.82, 2.24) is 34.6 Å². The number of hydrogen-bond acceptors (Lipinski definition) is 6. The number of rotatable bonds is 5. The lowest BCUT2D eigenvalue weighted by Crippen LogP contribution is -2.17. The quantitative estimate of drug-likeness (QED) is 0.456. The number of fused-ring (bicyclic) bond motifs is 3. The van der Waals surface area contributed by atoms with Gasteiger partial charge in [-0.1, -0.05) is 6.07 Å². The molecule has 1 aromatic carbocycles. The topological polar surface area (TPSA) is 103 Å². The predicted octanol–water partition coefficient (Wildman–Crippen LogP) is 3.98.